The van der Waals surface area contributed by atoms with Gasteiger partial charge in [0.1, 0.15) is 12.4 Å². The highest BCUT2D eigenvalue weighted by Gasteiger charge is 2.04. The Bertz CT molecular complexity index is 508. The van der Waals surface area contributed by atoms with Crippen LogP contribution in [-0.2, 0) is 10.8 Å². The number of hydrogen-bond acceptors (Lipinski definition) is 5. The van der Waals surface area contributed by atoms with Gasteiger partial charge in [0.15, 0.2) is 0 Å². The van der Waals surface area contributed by atoms with E-state index in [1.807, 2.05) is 18.4 Å². The minimum Gasteiger partial charge on any atom is -0.436 e. The summed E-state index contributed by atoms with van der Waals surface area (Å²) >= 11 is 7.27. The third-order valence-electron chi connectivity index (χ3n) is 2.06. The molecule has 1 aromatic carbocycles. The van der Waals surface area contributed by atoms with Crippen molar-refractivity contribution in [2.45, 2.75) is 6.61 Å². The van der Waals surface area contributed by atoms with Gasteiger partial charge < -0.3 is 8.92 Å². The van der Waals surface area contributed by atoms with E-state index in [2.05, 4.69) is 9.97 Å². The average molecular weight is 283 g/mol. The highest BCUT2D eigenvalue weighted by molar-refractivity contribution is 7.93. The minimum atomic E-state index is 0.399. The summed E-state index contributed by atoms with van der Waals surface area (Å²) in [5.41, 5.74) is 0.746. The Kier molecular flexibility index (Phi) is 4.81. The summed E-state index contributed by atoms with van der Waals surface area (Å²) in [6.45, 7) is 0.417. The average Bonchev–Trinajstić information content (AvgIpc) is 2.41. The topological polar surface area (TPSA) is 44.2 Å². The van der Waals surface area contributed by atoms with Crippen LogP contribution in [0.15, 0.2) is 36.7 Å². The van der Waals surface area contributed by atoms with Gasteiger partial charge >= 0.3 is 0 Å². The lowest BCUT2D eigenvalue weighted by atomic mass is 10.3. The summed E-state index contributed by atoms with van der Waals surface area (Å²) in [7, 11) is 0. The molecule has 1 heterocycles. The molecule has 0 saturated heterocycles. The van der Waals surface area contributed by atoms with Crippen LogP contribution in [-0.4, -0.2) is 16.2 Å². The monoisotopic (exact) mass is 282 g/mol. The highest BCUT2D eigenvalue weighted by atomic mass is 35.5. The van der Waals surface area contributed by atoms with Crippen molar-refractivity contribution in [3.05, 3.63) is 47.4 Å². The summed E-state index contributed by atoms with van der Waals surface area (Å²) in [4.78, 5) is 8.31. The zero-order valence-electron chi connectivity index (χ0n) is 9.67. The lowest BCUT2D eigenvalue weighted by Crippen LogP contribution is -1.95. The Balaban J connectivity index is 2.04. The maximum Gasteiger partial charge on any atom is 0.237 e. The highest BCUT2D eigenvalue weighted by Crippen LogP contribution is 2.27. The lowest BCUT2D eigenvalue weighted by molar-refractivity contribution is 0.357. The minimum absolute atomic E-state index is 0.399. The predicted octanol–water partition coefficient (Wildman–Crippen LogP) is 3.72. The van der Waals surface area contributed by atoms with Crippen LogP contribution in [0, 0.1) is 0 Å². The fourth-order valence-corrected chi connectivity index (χ4v) is 1.64. The molecule has 4 nitrogen and oxygen atoms in total. The summed E-state index contributed by atoms with van der Waals surface area (Å²) in [5, 5.41) is 0.536. The Hall–Kier alpha value is -1.30. The predicted molar refractivity (Wildman–Crippen MR) is 71.9 cm³/mol. The van der Waals surface area contributed by atoms with Gasteiger partial charge in [-0.3, -0.25) is 4.98 Å². The van der Waals surface area contributed by atoms with Crippen LogP contribution in [0.3, 0.4) is 0 Å². The number of aromatic nitrogens is 2. The van der Waals surface area contributed by atoms with Crippen LogP contribution in [0.1, 0.15) is 5.69 Å². The van der Waals surface area contributed by atoms with E-state index in [1.165, 1.54) is 12.0 Å². The van der Waals surface area contributed by atoms with E-state index in [0.717, 1.165) is 5.69 Å². The molecule has 0 atom stereocenters. The fourth-order valence-electron chi connectivity index (χ4n) is 1.23. The van der Waals surface area contributed by atoms with Crippen molar-refractivity contribution in [3.63, 3.8) is 0 Å². The van der Waals surface area contributed by atoms with Crippen molar-refractivity contribution in [1.82, 2.24) is 9.97 Å². The maximum absolute atomic E-state index is 5.98. The van der Waals surface area contributed by atoms with E-state index < -0.39 is 0 Å². The number of rotatable bonds is 5. The van der Waals surface area contributed by atoms with Gasteiger partial charge in [0.2, 0.25) is 5.88 Å². The molecule has 0 aliphatic heterocycles. The van der Waals surface area contributed by atoms with E-state index >= 15 is 0 Å². The van der Waals surface area contributed by atoms with E-state index in [-0.39, 0.29) is 0 Å². The van der Waals surface area contributed by atoms with Crippen molar-refractivity contribution in [2.75, 3.05) is 6.26 Å². The number of halogens is 1. The number of ether oxygens (including phenoxy) is 1. The normalized spacial score (nSPS) is 10.3. The molecule has 0 N–H and O–H groups in total. The first-order chi connectivity index (χ1) is 8.79. The molecule has 0 saturated carbocycles. The summed E-state index contributed by atoms with van der Waals surface area (Å²) in [6, 6.07) is 7.21. The molecule has 0 bridgehead atoms. The van der Waals surface area contributed by atoms with Crippen LogP contribution in [0.5, 0.6) is 11.6 Å². The Morgan fingerprint density at radius 2 is 2.06 bits per heavy atom. The number of hydrogen-bond donors (Lipinski definition) is 0. The van der Waals surface area contributed by atoms with Crippen LogP contribution in [0.2, 0.25) is 5.02 Å². The SMILES string of the molecule is CSOCc1cnc(Oc2ccccc2Cl)cn1. The van der Waals surface area contributed by atoms with Crippen molar-refractivity contribution in [3.8, 4) is 11.6 Å². The molecular weight excluding hydrogens is 272 g/mol. The lowest BCUT2D eigenvalue weighted by Gasteiger charge is -2.06. The molecule has 0 amide bonds. The van der Waals surface area contributed by atoms with Gasteiger partial charge in [0, 0.05) is 6.26 Å². The smallest absolute Gasteiger partial charge is 0.237 e. The van der Waals surface area contributed by atoms with Crippen molar-refractivity contribution in [1.29, 1.82) is 0 Å². The molecule has 0 aliphatic carbocycles. The standard InChI is InChI=1S/C12H11ClN2O2S/c1-18-16-8-9-6-15-12(7-14-9)17-11-5-3-2-4-10(11)13/h2-7H,8H2,1H3. The molecule has 18 heavy (non-hydrogen) atoms. The Morgan fingerprint density at radius 1 is 1.22 bits per heavy atom. The van der Waals surface area contributed by atoms with Crippen LogP contribution >= 0.6 is 23.6 Å². The van der Waals surface area contributed by atoms with Crippen LogP contribution in [0.4, 0.5) is 0 Å². The van der Waals surface area contributed by atoms with E-state index in [0.29, 0.717) is 23.3 Å². The molecule has 0 aliphatic rings. The molecule has 0 spiro atoms. The van der Waals surface area contributed by atoms with Gasteiger partial charge in [-0.05, 0) is 24.2 Å². The molecule has 2 rings (SSSR count). The number of para-hydroxylation sites is 1. The van der Waals surface area contributed by atoms with Gasteiger partial charge in [0.25, 0.3) is 0 Å². The first kappa shape index (κ1) is 13.1. The number of nitrogens with zero attached hydrogens (tertiary/aromatic N) is 2. The van der Waals surface area contributed by atoms with Gasteiger partial charge in [-0.1, -0.05) is 23.7 Å². The quantitative estimate of drug-likeness (QED) is 0.782. The van der Waals surface area contributed by atoms with Gasteiger partial charge in [-0.2, -0.15) is 0 Å². The molecular formula is C12H11ClN2O2S. The summed E-state index contributed by atoms with van der Waals surface area (Å²) < 4.78 is 10.7. The largest absolute Gasteiger partial charge is 0.436 e. The molecule has 0 unspecified atom stereocenters. The summed E-state index contributed by atoms with van der Waals surface area (Å²) in [6.07, 6.45) is 5.01. The third-order valence-corrected chi connectivity index (χ3v) is 2.72. The van der Waals surface area contributed by atoms with Gasteiger partial charge in [0.05, 0.1) is 23.1 Å². The zero-order chi connectivity index (χ0) is 12.8. The Morgan fingerprint density at radius 3 is 2.72 bits per heavy atom. The third kappa shape index (κ3) is 3.60. The van der Waals surface area contributed by atoms with Gasteiger partial charge in [-0.15, -0.1) is 0 Å². The van der Waals surface area contributed by atoms with Gasteiger partial charge in [-0.25, -0.2) is 4.98 Å². The van der Waals surface area contributed by atoms with E-state index in [1.54, 1.807) is 24.5 Å². The van der Waals surface area contributed by atoms with E-state index in [4.69, 9.17) is 20.5 Å². The first-order valence-corrected chi connectivity index (χ1v) is 6.71. The molecule has 0 fully saturated rings. The summed E-state index contributed by atoms with van der Waals surface area (Å²) in [5.74, 6) is 0.956. The number of benzene rings is 1. The second-order valence-electron chi connectivity index (χ2n) is 3.31. The van der Waals surface area contributed by atoms with E-state index in [9.17, 15) is 0 Å². The zero-order valence-corrected chi connectivity index (χ0v) is 11.2. The Labute approximate surface area is 115 Å². The maximum atomic E-state index is 5.98. The molecule has 6 heteroatoms. The van der Waals surface area contributed by atoms with Crippen LogP contribution in [0.25, 0.3) is 0 Å². The van der Waals surface area contributed by atoms with Crippen molar-refractivity contribution in [2.24, 2.45) is 0 Å². The molecule has 0 radical (unpaired) electrons. The fraction of sp³-hybridized carbons (Fsp3) is 0.167. The second-order valence-corrected chi connectivity index (χ2v) is 4.28. The van der Waals surface area contributed by atoms with Crippen molar-refractivity contribution >= 4 is 23.6 Å². The molecule has 1 aromatic heterocycles. The first-order valence-electron chi connectivity index (χ1n) is 5.18. The molecule has 2 aromatic rings. The van der Waals surface area contributed by atoms with Crippen molar-refractivity contribution < 1.29 is 8.92 Å². The molecule has 94 valence electrons. The van der Waals surface area contributed by atoms with Crippen LogP contribution < -0.4 is 4.74 Å². The second kappa shape index (κ2) is 6.58.